The zero-order valence-electron chi connectivity index (χ0n) is 11.9. The number of carboxylic acids is 1. The molecule has 0 saturated carbocycles. The largest absolute Gasteiger partial charge is 0.507 e. The van der Waals surface area contributed by atoms with Gasteiger partial charge in [0.05, 0.1) is 11.1 Å². The summed E-state index contributed by atoms with van der Waals surface area (Å²) in [6.07, 6.45) is 0.614. The highest BCUT2D eigenvalue weighted by Gasteiger charge is 2.08. The lowest BCUT2D eigenvalue weighted by molar-refractivity contribution is 0.0696. The molecule has 0 saturated heterocycles. The summed E-state index contributed by atoms with van der Waals surface area (Å²) in [5.74, 6) is -0.0132. The zero-order chi connectivity index (χ0) is 16.4. The van der Waals surface area contributed by atoms with Crippen LogP contribution < -0.4 is 4.74 Å². The van der Waals surface area contributed by atoms with Gasteiger partial charge in [-0.05, 0) is 59.3 Å². The summed E-state index contributed by atoms with van der Waals surface area (Å²) in [7, 11) is 0. The molecule has 5 nitrogen and oxygen atoms in total. The molecule has 0 aliphatic rings. The number of aromatic carboxylic acids is 1. The number of phenols is 1. The molecule has 3 aromatic rings. The van der Waals surface area contributed by atoms with Crippen LogP contribution in [0.2, 0.25) is 0 Å². The number of hydrogen-bond donors (Lipinski definition) is 2. The van der Waals surface area contributed by atoms with Crippen LogP contribution in [0.1, 0.15) is 20.7 Å². The predicted octanol–water partition coefficient (Wildman–Crippen LogP) is 3.85. The molecule has 0 aliphatic carbocycles. The van der Waals surface area contributed by atoms with Gasteiger partial charge in [-0.2, -0.15) is 0 Å². The Morgan fingerprint density at radius 3 is 2.30 bits per heavy atom. The molecule has 0 heterocycles. The molecule has 2 N–H and O–H groups in total. The maximum absolute atomic E-state index is 11.1. The van der Waals surface area contributed by atoms with Gasteiger partial charge in [-0.15, -0.1) is 0 Å². The van der Waals surface area contributed by atoms with Crippen molar-refractivity contribution in [3.8, 4) is 17.2 Å². The highest BCUT2D eigenvalue weighted by atomic mass is 16.5. The molecule has 114 valence electrons. The van der Waals surface area contributed by atoms with Gasteiger partial charge in [0.1, 0.15) is 17.2 Å². The summed E-state index contributed by atoms with van der Waals surface area (Å²) < 4.78 is 5.68. The van der Waals surface area contributed by atoms with E-state index in [9.17, 15) is 14.7 Å². The fourth-order valence-electron chi connectivity index (χ4n) is 2.31. The highest BCUT2D eigenvalue weighted by molar-refractivity contribution is 6.01. The minimum absolute atomic E-state index is 0.0644. The number of aromatic hydroxyl groups is 1. The average molecular weight is 308 g/mol. The Morgan fingerprint density at radius 1 is 0.957 bits per heavy atom. The fraction of sp³-hybridized carbons (Fsp3) is 0. The number of ether oxygens (including phenoxy) is 1. The minimum atomic E-state index is -0.997. The lowest BCUT2D eigenvalue weighted by Crippen LogP contribution is -1.95. The number of carbonyl (C=O) groups excluding carboxylic acids is 1. The van der Waals surface area contributed by atoms with Gasteiger partial charge < -0.3 is 14.9 Å². The van der Waals surface area contributed by atoms with Crippen LogP contribution in [0.25, 0.3) is 10.8 Å². The van der Waals surface area contributed by atoms with Crippen LogP contribution in [-0.4, -0.2) is 22.5 Å². The van der Waals surface area contributed by atoms with E-state index in [1.54, 1.807) is 36.4 Å². The molecule has 0 bridgehead atoms. The van der Waals surface area contributed by atoms with E-state index < -0.39 is 5.97 Å². The summed E-state index contributed by atoms with van der Waals surface area (Å²) in [4.78, 5) is 21.9. The zero-order valence-corrected chi connectivity index (χ0v) is 11.9. The molecular weight excluding hydrogens is 296 g/mol. The summed E-state index contributed by atoms with van der Waals surface area (Å²) in [5.41, 5.74) is 0.418. The Bertz CT molecular complexity index is 897. The maximum atomic E-state index is 11.1. The molecule has 0 amide bonds. The number of rotatable bonds is 4. The van der Waals surface area contributed by atoms with Crippen LogP contribution in [0.4, 0.5) is 0 Å². The van der Waals surface area contributed by atoms with Crippen molar-refractivity contribution in [2.45, 2.75) is 0 Å². The molecule has 3 rings (SSSR count). The topological polar surface area (TPSA) is 83.8 Å². The molecule has 5 heteroatoms. The second kappa shape index (κ2) is 5.81. The van der Waals surface area contributed by atoms with E-state index in [1.807, 2.05) is 0 Å². The smallest absolute Gasteiger partial charge is 0.335 e. The van der Waals surface area contributed by atoms with Crippen molar-refractivity contribution in [1.29, 1.82) is 0 Å². The van der Waals surface area contributed by atoms with E-state index in [1.165, 1.54) is 18.2 Å². The maximum Gasteiger partial charge on any atom is 0.335 e. The Balaban J connectivity index is 1.93. The van der Waals surface area contributed by atoms with Crippen LogP contribution in [0.3, 0.4) is 0 Å². The number of carboxylic acid groups (broad SMARTS) is 1. The summed E-state index contributed by atoms with van der Waals surface area (Å²) >= 11 is 0. The molecule has 0 aromatic heterocycles. The number of hydrogen-bond acceptors (Lipinski definition) is 4. The third-order valence-corrected chi connectivity index (χ3v) is 3.46. The highest BCUT2D eigenvalue weighted by Crippen LogP contribution is 2.30. The monoisotopic (exact) mass is 308 g/mol. The van der Waals surface area contributed by atoms with E-state index >= 15 is 0 Å². The molecule has 0 unspecified atom stereocenters. The molecule has 0 atom stereocenters. The van der Waals surface area contributed by atoms with Gasteiger partial charge in [-0.1, -0.05) is 6.07 Å². The summed E-state index contributed by atoms with van der Waals surface area (Å²) in [6.45, 7) is 0. The number of carbonyl (C=O) groups is 2. The second-order valence-electron chi connectivity index (χ2n) is 4.93. The average Bonchev–Trinajstić information content (AvgIpc) is 2.55. The second-order valence-corrected chi connectivity index (χ2v) is 4.93. The third-order valence-electron chi connectivity index (χ3n) is 3.46. The molecule has 23 heavy (non-hydrogen) atoms. The molecule has 0 radical (unpaired) electrons. The van der Waals surface area contributed by atoms with Crippen LogP contribution in [-0.2, 0) is 0 Å². The Hall–Kier alpha value is -3.34. The Kier molecular flexibility index (Phi) is 3.68. The van der Waals surface area contributed by atoms with Crippen LogP contribution >= 0.6 is 0 Å². The summed E-state index contributed by atoms with van der Waals surface area (Å²) in [5, 5.41) is 19.9. The van der Waals surface area contributed by atoms with E-state index in [2.05, 4.69) is 0 Å². The van der Waals surface area contributed by atoms with Gasteiger partial charge >= 0.3 is 5.97 Å². The van der Waals surface area contributed by atoms with Gasteiger partial charge in [0.15, 0.2) is 6.29 Å². The van der Waals surface area contributed by atoms with Gasteiger partial charge in [0, 0.05) is 0 Å². The summed E-state index contributed by atoms with van der Waals surface area (Å²) in [6, 6.07) is 14.3. The van der Waals surface area contributed by atoms with E-state index in [4.69, 9.17) is 9.84 Å². The van der Waals surface area contributed by atoms with Crippen LogP contribution in [0.15, 0.2) is 54.6 Å². The Morgan fingerprint density at radius 2 is 1.65 bits per heavy atom. The van der Waals surface area contributed by atoms with E-state index in [0.717, 1.165) is 5.39 Å². The lowest BCUT2D eigenvalue weighted by atomic mass is 10.0. The standard InChI is InChI=1S/C18H12O5/c19-10-16-15-7-6-14(9-12(15)3-8-17(16)20)23-13-4-1-11(2-5-13)18(21)22/h1-10,20H,(H,21,22). The molecule has 3 aromatic carbocycles. The predicted molar refractivity (Wildman–Crippen MR) is 84.5 cm³/mol. The molecule has 0 aliphatic heterocycles. The first kappa shape index (κ1) is 14.6. The number of phenolic OH excluding ortho intramolecular Hbond substituents is 1. The van der Waals surface area contributed by atoms with E-state index in [0.29, 0.717) is 23.2 Å². The lowest BCUT2D eigenvalue weighted by Gasteiger charge is -2.09. The van der Waals surface area contributed by atoms with Gasteiger partial charge in [-0.25, -0.2) is 4.79 Å². The molecule has 0 spiro atoms. The van der Waals surface area contributed by atoms with Crippen LogP contribution in [0.5, 0.6) is 17.2 Å². The number of benzene rings is 3. The first-order valence-electron chi connectivity index (χ1n) is 6.80. The van der Waals surface area contributed by atoms with Gasteiger partial charge in [0.2, 0.25) is 0 Å². The van der Waals surface area contributed by atoms with Crippen molar-refractivity contribution in [3.63, 3.8) is 0 Å². The molecular formula is C18H12O5. The van der Waals surface area contributed by atoms with E-state index in [-0.39, 0.29) is 16.9 Å². The van der Waals surface area contributed by atoms with Crippen LogP contribution in [0, 0.1) is 0 Å². The van der Waals surface area contributed by atoms with Crippen molar-refractivity contribution >= 4 is 23.0 Å². The fourth-order valence-corrected chi connectivity index (χ4v) is 2.31. The number of fused-ring (bicyclic) bond motifs is 1. The van der Waals surface area contributed by atoms with Gasteiger partial charge in [0.25, 0.3) is 0 Å². The van der Waals surface area contributed by atoms with Crippen molar-refractivity contribution in [2.24, 2.45) is 0 Å². The van der Waals surface area contributed by atoms with Crippen molar-refractivity contribution in [3.05, 3.63) is 65.7 Å². The quantitative estimate of drug-likeness (QED) is 0.715. The molecule has 0 fully saturated rings. The normalized spacial score (nSPS) is 10.4. The SMILES string of the molecule is O=Cc1c(O)ccc2cc(Oc3ccc(C(=O)O)cc3)ccc12. The Labute approximate surface area is 131 Å². The first-order valence-corrected chi connectivity index (χ1v) is 6.80. The minimum Gasteiger partial charge on any atom is -0.507 e. The third kappa shape index (κ3) is 2.85. The first-order chi connectivity index (χ1) is 11.1. The van der Waals surface area contributed by atoms with Crippen molar-refractivity contribution in [2.75, 3.05) is 0 Å². The van der Waals surface area contributed by atoms with Crippen molar-refractivity contribution < 1.29 is 24.5 Å². The van der Waals surface area contributed by atoms with Gasteiger partial charge in [-0.3, -0.25) is 4.79 Å². The number of aldehydes is 1. The van der Waals surface area contributed by atoms with Crippen molar-refractivity contribution in [1.82, 2.24) is 0 Å².